The summed E-state index contributed by atoms with van der Waals surface area (Å²) in [6, 6.07) is 9.02. The number of aromatic hydroxyl groups is 1. The van der Waals surface area contributed by atoms with Gasteiger partial charge in [-0.2, -0.15) is 25.3 Å². The first-order valence-electron chi connectivity index (χ1n) is 44.6. The summed E-state index contributed by atoms with van der Waals surface area (Å²) >= 11 is 8.55. The number of carboxylic acids is 1. The number of thiol groups is 2. The van der Waals surface area contributed by atoms with E-state index in [2.05, 4.69) is 115 Å². The molecule has 4 aromatic carbocycles. The Labute approximate surface area is 801 Å². The number of hydrogen-bond acceptors (Lipinski definition) is 25. The maximum absolute atomic E-state index is 15.8. The number of hydrogen-bond donors (Lipinski definition) is 29. The Balaban J connectivity index is 1.28. The van der Waals surface area contributed by atoms with Gasteiger partial charge in [0.1, 0.15) is 78.3 Å². The van der Waals surface area contributed by atoms with E-state index in [4.69, 9.17) is 50.0 Å². The molecule has 137 heavy (non-hydrogen) atoms. The number of unbranched alkanes of at least 4 members (excludes halogenated alkanes) is 2. The van der Waals surface area contributed by atoms with Crippen LogP contribution in [0.4, 0.5) is 0 Å². The second kappa shape index (κ2) is 58.9. The van der Waals surface area contributed by atoms with Crippen molar-refractivity contribution in [3.05, 3.63) is 138 Å². The number of H-pyrrole nitrogens is 2. The number of amides is 16. The van der Waals surface area contributed by atoms with Gasteiger partial charge in [0, 0.05) is 118 Å². The van der Waals surface area contributed by atoms with Crippen molar-refractivity contribution >= 4 is 159 Å². The first-order valence-corrected chi connectivity index (χ1v) is 45.9. The van der Waals surface area contributed by atoms with E-state index < -0.39 is 229 Å². The molecule has 48 heteroatoms. The Kier molecular flexibility index (Phi) is 48.0. The van der Waals surface area contributed by atoms with Gasteiger partial charge in [0.25, 0.3) is 0 Å². The van der Waals surface area contributed by atoms with Gasteiger partial charge >= 0.3 is 5.97 Å². The zero-order valence-corrected chi connectivity index (χ0v) is 78.0. The Morgan fingerprint density at radius 3 is 1.35 bits per heavy atom. The molecule has 0 unspecified atom stereocenters. The van der Waals surface area contributed by atoms with Crippen LogP contribution >= 0.6 is 25.3 Å². The molecule has 0 saturated heterocycles. The van der Waals surface area contributed by atoms with Crippen LogP contribution < -0.4 is 114 Å². The number of phenolic OH excluding ortho intramolecular Hbond substituents is 1. The number of carboxylic acid groups (broad SMARTS) is 1. The molecule has 0 radical (unpaired) electrons. The highest BCUT2D eigenvalue weighted by Gasteiger charge is 2.40. The lowest BCUT2D eigenvalue weighted by atomic mass is 10.00. The number of rotatable bonds is 63. The third kappa shape index (κ3) is 39.4. The van der Waals surface area contributed by atoms with Crippen LogP contribution in [0.15, 0.2) is 116 Å². The minimum atomic E-state index is -2.01. The van der Waals surface area contributed by atoms with E-state index in [1.165, 1.54) is 37.5 Å². The molecule has 0 saturated carbocycles. The summed E-state index contributed by atoms with van der Waals surface area (Å²) in [7, 11) is 1.28. The van der Waals surface area contributed by atoms with Gasteiger partial charge in [-0.3, -0.25) is 92.3 Å². The second-order valence-corrected chi connectivity index (χ2v) is 33.1. The van der Waals surface area contributed by atoms with Crippen molar-refractivity contribution in [3.63, 3.8) is 0 Å². The summed E-state index contributed by atoms with van der Waals surface area (Å²) < 4.78 is 5.51. The summed E-state index contributed by atoms with van der Waals surface area (Å²) in [6.45, 7) is 0.995. The third-order valence-corrected chi connectivity index (χ3v) is 22.5. The van der Waals surface area contributed by atoms with Crippen LogP contribution in [-0.2, 0) is 112 Å². The number of ether oxygens (including phenoxy) is 1. The smallest absolute Gasteiger partial charge is 0.305 e. The number of carbonyl (C=O) groups excluding carboxylic acids is 16. The summed E-state index contributed by atoms with van der Waals surface area (Å²) in [5, 5.41) is 75.8. The van der Waals surface area contributed by atoms with Gasteiger partial charge in [0.05, 0.1) is 26.2 Å². The van der Waals surface area contributed by atoms with Gasteiger partial charge in [-0.1, -0.05) is 78.9 Å². The van der Waals surface area contributed by atoms with Crippen molar-refractivity contribution in [2.75, 3.05) is 71.0 Å². The molecule has 0 aliphatic heterocycles. The number of likely N-dealkylation sites (N-methyl/N-ethyl adjacent to an activating group) is 1. The number of guanidine groups is 2. The first-order chi connectivity index (χ1) is 65.4. The van der Waals surface area contributed by atoms with Gasteiger partial charge in [-0.25, -0.2) is 0 Å². The number of primary amides is 2. The minimum absolute atomic E-state index is 0.00588. The normalized spacial score (nSPS) is 13.7. The molecule has 2 aromatic heterocycles. The average Bonchev–Trinajstić information content (AvgIpc) is 1.74. The molecule has 0 spiro atoms. The summed E-state index contributed by atoms with van der Waals surface area (Å²) in [6.07, 6.45) is 1.23. The maximum Gasteiger partial charge on any atom is 0.305 e. The third-order valence-electron chi connectivity index (χ3n) is 21.8. The largest absolute Gasteiger partial charge is 0.508 e. The van der Waals surface area contributed by atoms with E-state index in [9.17, 15) is 67.7 Å². The van der Waals surface area contributed by atoms with E-state index in [0.29, 0.717) is 76.3 Å². The van der Waals surface area contributed by atoms with Gasteiger partial charge in [-0.05, 0) is 130 Å². The number of aliphatic carboxylic acids is 1. The van der Waals surface area contributed by atoms with E-state index in [1.807, 2.05) is 0 Å². The summed E-state index contributed by atoms with van der Waals surface area (Å²) in [4.78, 5) is 245. The van der Waals surface area contributed by atoms with Crippen LogP contribution in [0.3, 0.4) is 0 Å². The zero-order chi connectivity index (χ0) is 101. The van der Waals surface area contributed by atoms with Crippen LogP contribution in [0.25, 0.3) is 21.8 Å². The van der Waals surface area contributed by atoms with E-state index in [0.717, 1.165) is 11.8 Å². The number of phenols is 1. The molecule has 12 atom stereocenters. The number of para-hydroxylation sites is 2. The molecule has 2 heterocycles. The lowest BCUT2D eigenvalue weighted by Gasteiger charge is -2.33. The molecule has 16 amide bonds. The van der Waals surface area contributed by atoms with E-state index in [-0.39, 0.29) is 109 Å². The van der Waals surface area contributed by atoms with Crippen LogP contribution in [0.2, 0.25) is 0 Å². The highest BCUT2D eigenvalue weighted by Crippen LogP contribution is 2.24. The standard InChI is InChI=1S/C89H128N26O20S2/c1-50(116)104-69(48-136)84(131)106-62(24-14-35-99-88(94)95)79(126)112-67(44-75(121)122)83(130)111-66(42-53-45-101-58-20-8-6-18-56(53)58)82(129)107-63(30-31-72(92)118)80(127)114-70(49-137)85(132)110-65(41-52-26-28-55(117)29-27-52)81(128)113-68(43-54-46-102-59-21-9-7-19-57(54)59)87(134)115(2)71(25-15-36-100-89(96)97)86(133)108-61(23-11-13-34-91)78(125)109-64(40-51-16-4-3-5-17-51)77(124)103-47-74(120)98-37-39-135-38-32-73(119)105-60(76(93)123)22-10-12-33-90/h3-9,16-21,26-29,45-46,60-71,101-102,117,136-137H,10-15,22-25,30-44,47-49,90-91H2,1-2H3,(H2,92,118)(H2,93,123)(H,98,120)(H,103,124)(H,104,116)(H,105,119)(H,106,131)(H,107,129)(H,108,133)(H,109,125)(H,110,132)(H,111,130)(H,112,126)(H,113,128)(H,114,127)(H,121,122)(H4,94,95,99)(H4,96,97,100)/t60-,61+,62+,63+,64+,65+,66+,67+,68+,69+,70+,71+/m1/s1. The molecule has 746 valence electrons. The van der Waals surface area contributed by atoms with Crippen LogP contribution in [0.5, 0.6) is 5.75 Å². The number of aromatic amines is 2. The monoisotopic (exact) mass is 1940 g/mol. The van der Waals surface area contributed by atoms with Gasteiger partial charge in [-0.15, -0.1) is 0 Å². The van der Waals surface area contributed by atoms with Gasteiger partial charge in [0.15, 0.2) is 11.9 Å². The molecule has 0 aliphatic rings. The molecular weight excluding hydrogens is 1820 g/mol. The average molecular weight is 1950 g/mol. The fourth-order valence-electron chi connectivity index (χ4n) is 14.5. The Hall–Kier alpha value is -14.1. The lowest BCUT2D eigenvalue weighted by molar-refractivity contribution is -0.143. The predicted molar refractivity (Wildman–Crippen MR) is 513 cm³/mol. The van der Waals surface area contributed by atoms with Crippen molar-refractivity contribution in [2.24, 2.45) is 34.4 Å². The van der Waals surface area contributed by atoms with Crippen molar-refractivity contribution in [2.45, 2.75) is 195 Å². The SMILES string of the molecule is CC(=O)N[C@@H](CS)C(=O)N[C@@H](CCCNC(=N)N)C(=O)N[C@@H](CC(=O)O)C(=O)N[C@@H](Cc1c[nH]c2ccccc12)C(=O)N[C@@H](CCC(N)=O)C(=O)N[C@@H](CS)C(=O)N[C@@H](Cc1ccc(O)cc1)C(=O)N[C@@H](Cc1c[nH]c2ccccc12)C(=O)N(C)[C@@H](CCCNC(=N)N)C(=O)N[C@@H](CCCCN)C(=O)N[C@@H](Cc1ccccc1)C(=O)NCC(=O)NCCOCCC(=O)N[C@H](CCCCN)C(N)=O. The predicted octanol–water partition coefficient (Wildman–Crippen LogP) is -4.69. The number of nitrogens with one attached hydrogen (secondary N) is 19. The van der Waals surface area contributed by atoms with E-state index in [1.54, 1.807) is 85.1 Å². The molecule has 6 aromatic rings. The number of nitrogens with zero attached hydrogens (tertiary/aromatic N) is 1. The minimum Gasteiger partial charge on any atom is -0.508 e. The van der Waals surface area contributed by atoms with Gasteiger partial charge in [0.2, 0.25) is 94.5 Å². The maximum atomic E-state index is 15.8. The van der Waals surface area contributed by atoms with Crippen molar-refractivity contribution in [3.8, 4) is 5.75 Å². The second-order valence-electron chi connectivity index (χ2n) is 32.4. The quantitative estimate of drug-likeness (QED) is 0.00738. The Bertz CT molecular complexity index is 5110. The fraction of sp³-hybridized carbons (Fsp3) is 0.472. The van der Waals surface area contributed by atoms with Crippen molar-refractivity contribution < 1.29 is 96.5 Å². The van der Waals surface area contributed by atoms with Crippen molar-refractivity contribution in [1.29, 1.82) is 10.8 Å². The summed E-state index contributed by atoms with van der Waals surface area (Å²) in [5.41, 5.74) is 36.6. The van der Waals surface area contributed by atoms with Crippen LogP contribution in [-0.4, -0.2) is 281 Å². The topological polar surface area (TPSA) is 759 Å². The Morgan fingerprint density at radius 2 is 0.839 bits per heavy atom. The highest BCUT2D eigenvalue weighted by atomic mass is 32.1. The summed E-state index contributed by atoms with van der Waals surface area (Å²) in [5.74, 6) is -18.1. The number of aromatic nitrogens is 2. The molecular formula is C89H128N26O20S2. The molecule has 33 N–H and O–H groups in total. The Morgan fingerprint density at radius 1 is 0.416 bits per heavy atom. The fourth-order valence-corrected chi connectivity index (χ4v) is 15.0. The molecule has 0 bridgehead atoms. The first kappa shape index (κ1) is 112. The lowest BCUT2D eigenvalue weighted by Crippen LogP contribution is -2.61. The number of nitrogens with two attached hydrogens (primary N) is 6. The van der Waals surface area contributed by atoms with Gasteiger partial charge < -0.3 is 144 Å². The molecule has 6 rings (SSSR count). The van der Waals surface area contributed by atoms with Crippen LogP contribution in [0, 0.1) is 10.8 Å². The highest BCUT2D eigenvalue weighted by molar-refractivity contribution is 7.80. The number of benzene rings is 4. The van der Waals surface area contributed by atoms with E-state index >= 15 is 24.0 Å². The molecule has 0 fully saturated rings. The molecule has 0 aliphatic carbocycles. The van der Waals surface area contributed by atoms with Crippen LogP contribution in [0.1, 0.15) is 119 Å². The number of fused-ring (bicyclic) bond motifs is 2. The number of carbonyl (C=O) groups is 17. The zero-order valence-electron chi connectivity index (χ0n) is 76.2. The molecule has 46 nitrogen and oxygen atoms in total. The van der Waals surface area contributed by atoms with Crippen molar-refractivity contribution in [1.82, 2.24) is 94.6 Å².